The maximum atomic E-state index is 11.6. The van der Waals surface area contributed by atoms with E-state index in [2.05, 4.69) is 10.9 Å². The van der Waals surface area contributed by atoms with Crippen molar-refractivity contribution in [3.63, 3.8) is 0 Å². The van der Waals surface area contributed by atoms with E-state index in [9.17, 15) is 9.59 Å². The molecule has 0 unspecified atom stereocenters. The van der Waals surface area contributed by atoms with Crippen LogP contribution in [0.1, 0.15) is 11.1 Å². The lowest BCUT2D eigenvalue weighted by Gasteiger charge is -2.01. The fraction of sp³-hybridized carbons (Fsp3) is 0. The van der Waals surface area contributed by atoms with Crippen molar-refractivity contribution in [2.75, 3.05) is 0 Å². The molecule has 0 heterocycles. The van der Waals surface area contributed by atoms with Crippen molar-refractivity contribution in [3.8, 4) is 0 Å². The van der Waals surface area contributed by atoms with E-state index in [1.165, 1.54) is 12.2 Å². The Balaban J connectivity index is 1.77. The first kappa shape index (κ1) is 15.3. The fourth-order valence-corrected chi connectivity index (χ4v) is 1.68. The van der Waals surface area contributed by atoms with Crippen LogP contribution in [-0.2, 0) is 9.59 Å². The van der Waals surface area contributed by atoms with Crippen LogP contribution in [-0.4, -0.2) is 11.8 Å². The number of amides is 2. The zero-order valence-electron chi connectivity index (χ0n) is 11.9. The van der Waals surface area contributed by atoms with Gasteiger partial charge in [0.25, 0.3) is 11.8 Å². The van der Waals surface area contributed by atoms with Crippen molar-refractivity contribution < 1.29 is 9.59 Å². The number of hydrazine groups is 1. The standard InChI is InChI=1S/C18H16N2O2/c21-17(13-11-15-7-3-1-4-8-15)19-20-18(22)14-12-16-9-5-2-6-10-16/h1-14H,(H,19,21)(H,20,22)/b13-11-,14-12-. The summed E-state index contributed by atoms with van der Waals surface area (Å²) in [4.78, 5) is 23.1. The van der Waals surface area contributed by atoms with Crippen molar-refractivity contribution in [1.82, 2.24) is 10.9 Å². The second-order valence-corrected chi connectivity index (χ2v) is 4.47. The van der Waals surface area contributed by atoms with Crippen LogP contribution in [0.2, 0.25) is 0 Å². The molecule has 0 bridgehead atoms. The molecule has 0 saturated carbocycles. The Bertz CT molecular complexity index is 615. The van der Waals surface area contributed by atoms with Crippen molar-refractivity contribution in [2.24, 2.45) is 0 Å². The number of hydrogen-bond acceptors (Lipinski definition) is 2. The average Bonchev–Trinajstić information content (AvgIpc) is 2.58. The fourth-order valence-electron chi connectivity index (χ4n) is 1.68. The van der Waals surface area contributed by atoms with Gasteiger partial charge in [-0.1, -0.05) is 60.7 Å². The lowest BCUT2D eigenvalue weighted by molar-refractivity contribution is -0.123. The van der Waals surface area contributed by atoms with Crippen molar-refractivity contribution >= 4 is 24.0 Å². The SMILES string of the molecule is O=C(/C=C\c1ccccc1)NNC(=O)/C=C\c1ccccc1. The maximum Gasteiger partial charge on any atom is 0.262 e. The Morgan fingerprint density at radius 3 is 1.36 bits per heavy atom. The van der Waals surface area contributed by atoms with Crippen LogP contribution in [0.4, 0.5) is 0 Å². The van der Waals surface area contributed by atoms with Gasteiger partial charge < -0.3 is 0 Å². The summed E-state index contributed by atoms with van der Waals surface area (Å²) < 4.78 is 0. The van der Waals surface area contributed by atoms with Crippen LogP contribution in [0.25, 0.3) is 12.2 Å². The molecule has 0 fully saturated rings. The van der Waals surface area contributed by atoms with Crippen molar-refractivity contribution in [2.45, 2.75) is 0 Å². The van der Waals surface area contributed by atoms with Gasteiger partial charge in [-0.05, 0) is 23.3 Å². The minimum absolute atomic E-state index is 0.398. The summed E-state index contributed by atoms with van der Waals surface area (Å²) in [7, 11) is 0. The van der Waals surface area contributed by atoms with Gasteiger partial charge in [-0.25, -0.2) is 0 Å². The number of benzene rings is 2. The Morgan fingerprint density at radius 2 is 1.00 bits per heavy atom. The first-order valence-corrected chi connectivity index (χ1v) is 6.80. The van der Waals surface area contributed by atoms with E-state index >= 15 is 0 Å². The van der Waals surface area contributed by atoms with Crippen LogP contribution in [0.5, 0.6) is 0 Å². The normalized spacial score (nSPS) is 10.7. The van der Waals surface area contributed by atoms with Crippen LogP contribution in [0.3, 0.4) is 0 Å². The van der Waals surface area contributed by atoms with Crippen LogP contribution in [0, 0.1) is 0 Å². The maximum absolute atomic E-state index is 11.6. The van der Waals surface area contributed by atoms with Crippen molar-refractivity contribution in [1.29, 1.82) is 0 Å². The van der Waals surface area contributed by atoms with Crippen LogP contribution >= 0.6 is 0 Å². The third-order valence-corrected chi connectivity index (χ3v) is 2.76. The third kappa shape index (κ3) is 5.46. The molecule has 0 aliphatic heterocycles. The van der Waals surface area contributed by atoms with Gasteiger partial charge in [-0.3, -0.25) is 20.4 Å². The zero-order valence-corrected chi connectivity index (χ0v) is 11.9. The predicted molar refractivity (Wildman–Crippen MR) is 87.2 cm³/mol. The molecule has 2 aromatic rings. The highest BCUT2D eigenvalue weighted by atomic mass is 16.2. The van der Waals surface area contributed by atoms with Gasteiger partial charge in [0.1, 0.15) is 0 Å². The molecular weight excluding hydrogens is 276 g/mol. The highest BCUT2D eigenvalue weighted by Gasteiger charge is 1.97. The van der Waals surface area contributed by atoms with Gasteiger partial charge in [0.05, 0.1) is 0 Å². The average molecular weight is 292 g/mol. The predicted octanol–water partition coefficient (Wildman–Crippen LogP) is 2.56. The summed E-state index contributed by atoms with van der Waals surface area (Å²) in [5.74, 6) is -0.796. The Labute approximate surface area is 129 Å². The van der Waals surface area contributed by atoms with Crippen LogP contribution < -0.4 is 10.9 Å². The van der Waals surface area contributed by atoms with Gasteiger partial charge in [0, 0.05) is 12.2 Å². The summed E-state index contributed by atoms with van der Waals surface area (Å²) in [5, 5.41) is 0. The highest BCUT2D eigenvalue weighted by molar-refractivity contribution is 5.96. The Kier molecular flexibility index (Phi) is 5.70. The lowest BCUT2D eigenvalue weighted by Crippen LogP contribution is -2.39. The molecule has 4 nitrogen and oxygen atoms in total. The summed E-state index contributed by atoms with van der Waals surface area (Å²) in [6.07, 6.45) is 6.05. The molecule has 110 valence electrons. The van der Waals surface area contributed by atoms with E-state index in [4.69, 9.17) is 0 Å². The molecule has 0 radical (unpaired) electrons. The van der Waals surface area contributed by atoms with Crippen LogP contribution in [0.15, 0.2) is 72.8 Å². The zero-order chi connectivity index (χ0) is 15.6. The largest absolute Gasteiger partial charge is 0.268 e. The number of carbonyl (C=O) groups is 2. The van der Waals surface area contributed by atoms with E-state index in [0.29, 0.717) is 0 Å². The molecule has 2 aromatic carbocycles. The number of rotatable bonds is 4. The van der Waals surface area contributed by atoms with Gasteiger partial charge in [0.2, 0.25) is 0 Å². The van der Waals surface area contributed by atoms with E-state index in [-0.39, 0.29) is 0 Å². The summed E-state index contributed by atoms with van der Waals surface area (Å²) in [5.41, 5.74) is 6.45. The second-order valence-electron chi connectivity index (χ2n) is 4.47. The number of carbonyl (C=O) groups excluding carboxylic acids is 2. The van der Waals surface area contributed by atoms with Gasteiger partial charge in [0.15, 0.2) is 0 Å². The summed E-state index contributed by atoms with van der Waals surface area (Å²) >= 11 is 0. The van der Waals surface area contributed by atoms with E-state index in [1.807, 2.05) is 60.7 Å². The lowest BCUT2D eigenvalue weighted by atomic mass is 10.2. The molecule has 2 rings (SSSR count). The molecule has 0 aliphatic rings. The highest BCUT2D eigenvalue weighted by Crippen LogP contribution is 2.01. The van der Waals surface area contributed by atoms with E-state index < -0.39 is 11.8 Å². The molecular formula is C18H16N2O2. The van der Waals surface area contributed by atoms with Gasteiger partial charge >= 0.3 is 0 Å². The van der Waals surface area contributed by atoms with E-state index in [0.717, 1.165) is 11.1 Å². The minimum atomic E-state index is -0.398. The van der Waals surface area contributed by atoms with Gasteiger partial charge in [-0.2, -0.15) is 0 Å². The Hall–Kier alpha value is -3.14. The molecule has 2 amide bonds. The number of hydrogen-bond donors (Lipinski definition) is 2. The molecule has 2 N–H and O–H groups in total. The quantitative estimate of drug-likeness (QED) is 0.672. The molecule has 0 spiro atoms. The first-order valence-electron chi connectivity index (χ1n) is 6.80. The van der Waals surface area contributed by atoms with Gasteiger partial charge in [-0.15, -0.1) is 0 Å². The molecule has 0 atom stereocenters. The summed E-state index contributed by atoms with van der Waals surface area (Å²) in [6, 6.07) is 18.8. The monoisotopic (exact) mass is 292 g/mol. The van der Waals surface area contributed by atoms with Crippen molar-refractivity contribution in [3.05, 3.63) is 83.9 Å². The molecule has 0 aliphatic carbocycles. The minimum Gasteiger partial charge on any atom is -0.268 e. The second kappa shape index (κ2) is 8.21. The smallest absolute Gasteiger partial charge is 0.262 e. The third-order valence-electron chi connectivity index (χ3n) is 2.76. The topological polar surface area (TPSA) is 58.2 Å². The van der Waals surface area contributed by atoms with E-state index in [1.54, 1.807) is 12.2 Å². The molecule has 22 heavy (non-hydrogen) atoms. The Morgan fingerprint density at radius 1 is 0.636 bits per heavy atom. The summed E-state index contributed by atoms with van der Waals surface area (Å²) in [6.45, 7) is 0. The number of nitrogens with one attached hydrogen (secondary N) is 2. The first-order chi connectivity index (χ1) is 10.7. The molecule has 4 heteroatoms. The molecule has 0 aromatic heterocycles. The molecule has 0 saturated heterocycles.